The van der Waals surface area contributed by atoms with Crippen LogP contribution in [0.2, 0.25) is 0 Å². The van der Waals surface area contributed by atoms with E-state index in [0.29, 0.717) is 6.04 Å². The Hall–Kier alpha value is -0.910. The molecule has 1 aliphatic rings. The summed E-state index contributed by atoms with van der Waals surface area (Å²) in [5.74, 6) is 0. The number of aromatic amines is 1. The van der Waals surface area contributed by atoms with Crippen LogP contribution in [0.25, 0.3) is 0 Å². The summed E-state index contributed by atoms with van der Waals surface area (Å²) in [6.45, 7) is 5.86. The van der Waals surface area contributed by atoms with Crippen LogP contribution in [-0.4, -0.2) is 48.7 Å². The number of methoxy groups -OCH3 is 1. The zero-order valence-electron chi connectivity index (χ0n) is 12.1. The number of ether oxygens (including phenoxy) is 2. The molecule has 108 valence electrons. The molecule has 0 spiro atoms. The molecule has 3 atom stereocenters. The molecule has 5 heteroatoms. The highest BCUT2D eigenvalue weighted by molar-refractivity contribution is 5.14. The summed E-state index contributed by atoms with van der Waals surface area (Å²) in [7, 11) is 1.76. The molecule has 1 aromatic heterocycles. The molecule has 1 aliphatic carbocycles. The summed E-state index contributed by atoms with van der Waals surface area (Å²) in [6, 6.07) is 0.437. The molecule has 0 bridgehead atoms. The van der Waals surface area contributed by atoms with Crippen molar-refractivity contribution in [2.24, 2.45) is 0 Å². The first-order valence-corrected chi connectivity index (χ1v) is 7.12. The fraction of sp³-hybridized carbons (Fsp3) is 0.786. The normalized spacial score (nSPS) is 26.4. The van der Waals surface area contributed by atoms with Gasteiger partial charge in [0.1, 0.15) is 0 Å². The van der Waals surface area contributed by atoms with E-state index in [1.165, 1.54) is 11.3 Å². The molecule has 1 heterocycles. The second-order valence-electron chi connectivity index (χ2n) is 5.11. The summed E-state index contributed by atoms with van der Waals surface area (Å²) < 4.78 is 11.1. The maximum Gasteiger partial charge on any atom is 0.0986 e. The molecule has 1 saturated carbocycles. The summed E-state index contributed by atoms with van der Waals surface area (Å²) in [4.78, 5) is 0. The van der Waals surface area contributed by atoms with Crippen LogP contribution in [-0.2, 0) is 15.9 Å². The van der Waals surface area contributed by atoms with Crippen molar-refractivity contribution in [3.05, 3.63) is 17.5 Å². The first-order valence-electron chi connectivity index (χ1n) is 7.12. The van der Waals surface area contributed by atoms with Gasteiger partial charge in [-0.15, -0.1) is 0 Å². The van der Waals surface area contributed by atoms with E-state index in [-0.39, 0.29) is 12.2 Å². The van der Waals surface area contributed by atoms with Crippen molar-refractivity contribution >= 4 is 0 Å². The third-order valence-corrected chi connectivity index (χ3v) is 3.87. The number of hydrogen-bond acceptors (Lipinski definition) is 4. The largest absolute Gasteiger partial charge is 0.377 e. The number of aryl methyl sites for hydroxylation is 2. The second kappa shape index (κ2) is 7.03. The summed E-state index contributed by atoms with van der Waals surface area (Å²) in [6.07, 6.45) is 5.62. The van der Waals surface area contributed by atoms with E-state index in [2.05, 4.69) is 22.4 Å². The van der Waals surface area contributed by atoms with Crippen molar-refractivity contribution < 1.29 is 9.47 Å². The highest BCUT2D eigenvalue weighted by Crippen LogP contribution is 2.26. The average Bonchev–Trinajstić information content (AvgIpc) is 2.78. The average molecular weight is 267 g/mol. The van der Waals surface area contributed by atoms with E-state index in [4.69, 9.17) is 9.47 Å². The fourth-order valence-corrected chi connectivity index (χ4v) is 2.67. The van der Waals surface area contributed by atoms with Crippen molar-refractivity contribution in [3.63, 3.8) is 0 Å². The molecule has 3 unspecified atom stereocenters. The molecular weight excluding hydrogens is 242 g/mol. The molecule has 1 aromatic rings. The molecule has 2 N–H and O–H groups in total. The van der Waals surface area contributed by atoms with Crippen molar-refractivity contribution in [1.29, 1.82) is 0 Å². The molecule has 5 nitrogen and oxygen atoms in total. The van der Waals surface area contributed by atoms with Crippen molar-refractivity contribution in [1.82, 2.24) is 15.5 Å². The number of H-pyrrole nitrogens is 1. The maximum absolute atomic E-state index is 5.62. The Morgan fingerprint density at radius 3 is 3.00 bits per heavy atom. The lowest BCUT2D eigenvalue weighted by atomic mass is 9.85. The van der Waals surface area contributed by atoms with Gasteiger partial charge in [0.15, 0.2) is 0 Å². The van der Waals surface area contributed by atoms with Gasteiger partial charge in [-0.05, 0) is 45.2 Å². The molecule has 2 rings (SSSR count). The van der Waals surface area contributed by atoms with E-state index >= 15 is 0 Å². The van der Waals surface area contributed by atoms with Crippen LogP contribution in [0.4, 0.5) is 0 Å². The smallest absolute Gasteiger partial charge is 0.0986 e. The van der Waals surface area contributed by atoms with Gasteiger partial charge in [0.2, 0.25) is 0 Å². The minimum atomic E-state index is 0.204. The zero-order valence-corrected chi connectivity index (χ0v) is 12.1. The SMILES string of the molecule is CCOC1CC(NCCCc2cn[nH]c2C)C1OC. The van der Waals surface area contributed by atoms with Gasteiger partial charge in [-0.3, -0.25) is 5.10 Å². The van der Waals surface area contributed by atoms with Gasteiger partial charge in [-0.25, -0.2) is 0 Å². The van der Waals surface area contributed by atoms with Crippen LogP contribution in [0.1, 0.15) is 31.0 Å². The van der Waals surface area contributed by atoms with Gasteiger partial charge in [-0.2, -0.15) is 5.10 Å². The molecule has 1 fully saturated rings. The minimum absolute atomic E-state index is 0.204. The van der Waals surface area contributed by atoms with Crippen LogP contribution in [0, 0.1) is 6.92 Å². The number of nitrogens with one attached hydrogen (secondary N) is 2. The number of hydrogen-bond donors (Lipinski definition) is 2. The standard InChI is InChI=1S/C14H25N3O2/c1-4-19-13-8-12(14(13)18-3)15-7-5-6-11-9-16-17-10(11)2/h9,12-15H,4-8H2,1-3H3,(H,16,17). The molecule has 0 radical (unpaired) electrons. The number of nitrogens with zero attached hydrogens (tertiary/aromatic N) is 1. The Morgan fingerprint density at radius 1 is 1.53 bits per heavy atom. The Kier molecular flexibility index (Phi) is 5.36. The summed E-state index contributed by atoms with van der Waals surface area (Å²) in [5, 5.41) is 10.6. The van der Waals surface area contributed by atoms with Crippen molar-refractivity contribution in [2.45, 2.75) is 51.4 Å². The lowest BCUT2D eigenvalue weighted by molar-refractivity contribution is -0.131. The summed E-state index contributed by atoms with van der Waals surface area (Å²) >= 11 is 0. The van der Waals surface area contributed by atoms with Crippen molar-refractivity contribution in [2.75, 3.05) is 20.3 Å². The van der Waals surface area contributed by atoms with E-state index in [1.807, 2.05) is 13.1 Å². The third kappa shape index (κ3) is 3.55. The lowest BCUT2D eigenvalue weighted by Crippen LogP contribution is -2.59. The van der Waals surface area contributed by atoms with Crippen LogP contribution in [0.15, 0.2) is 6.20 Å². The van der Waals surface area contributed by atoms with Gasteiger partial charge >= 0.3 is 0 Å². The third-order valence-electron chi connectivity index (χ3n) is 3.87. The topological polar surface area (TPSA) is 59.2 Å². The van der Waals surface area contributed by atoms with Gasteiger partial charge in [-0.1, -0.05) is 0 Å². The molecule has 0 saturated heterocycles. The Labute approximate surface area is 115 Å². The molecule has 19 heavy (non-hydrogen) atoms. The molecule has 0 aliphatic heterocycles. The Morgan fingerprint density at radius 2 is 2.37 bits per heavy atom. The van der Waals surface area contributed by atoms with Crippen molar-refractivity contribution in [3.8, 4) is 0 Å². The van der Waals surface area contributed by atoms with Crippen LogP contribution in [0.5, 0.6) is 0 Å². The number of rotatable bonds is 8. The fourth-order valence-electron chi connectivity index (χ4n) is 2.67. The van der Waals surface area contributed by atoms with Gasteiger partial charge < -0.3 is 14.8 Å². The van der Waals surface area contributed by atoms with Crippen LogP contribution in [0.3, 0.4) is 0 Å². The van der Waals surface area contributed by atoms with Gasteiger partial charge in [0.25, 0.3) is 0 Å². The zero-order chi connectivity index (χ0) is 13.7. The molecular formula is C14H25N3O2. The summed E-state index contributed by atoms with van der Waals surface area (Å²) in [5.41, 5.74) is 2.49. The van der Waals surface area contributed by atoms with E-state index in [1.54, 1.807) is 7.11 Å². The Bertz CT molecular complexity index is 381. The quantitative estimate of drug-likeness (QED) is 0.700. The minimum Gasteiger partial charge on any atom is -0.377 e. The Balaban J connectivity index is 1.63. The second-order valence-corrected chi connectivity index (χ2v) is 5.11. The van der Waals surface area contributed by atoms with E-state index in [9.17, 15) is 0 Å². The highest BCUT2D eigenvalue weighted by atomic mass is 16.5. The van der Waals surface area contributed by atoms with Gasteiger partial charge in [0.05, 0.1) is 18.4 Å². The predicted octanol–water partition coefficient (Wildman–Crippen LogP) is 1.43. The molecule has 0 amide bonds. The van der Waals surface area contributed by atoms with E-state index in [0.717, 1.165) is 32.4 Å². The first kappa shape index (κ1) is 14.5. The predicted molar refractivity (Wildman–Crippen MR) is 74.3 cm³/mol. The highest BCUT2D eigenvalue weighted by Gasteiger charge is 2.41. The number of aromatic nitrogens is 2. The van der Waals surface area contributed by atoms with Crippen LogP contribution < -0.4 is 5.32 Å². The van der Waals surface area contributed by atoms with Crippen LogP contribution >= 0.6 is 0 Å². The maximum atomic E-state index is 5.62. The lowest BCUT2D eigenvalue weighted by Gasteiger charge is -2.43. The molecule has 0 aromatic carbocycles. The van der Waals surface area contributed by atoms with Gasteiger partial charge in [0, 0.05) is 25.5 Å². The van der Waals surface area contributed by atoms with E-state index < -0.39 is 0 Å². The first-order chi connectivity index (χ1) is 9.26. The monoisotopic (exact) mass is 267 g/mol.